The summed E-state index contributed by atoms with van der Waals surface area (Å²) in [5.41, 5.74) is 0.567. The summed E-state index contributed by atoms with van der Waals surface area (Å²) >= 11 is 1.25. The van der Waals surface area contributed by atoms with Gasteiger partial charge in [0, 0.05) is 17.3 Å². The predicted octanol–water partition coefficient (Wildman–Crippen LogP) is 2.03. The second kappa shape index (κ2) is 6.68. The molecule has 0 bridgehead atoms. The molecule has 1 aliphatic rings. The molecule has 2 aromatic heterocycles. The number of aliphatic hydroxyl groups excluding tert-OH is 3. The quantitative estimate of drug-likeness (QED) is 0.658. The maximum Gasteiger partial charge on any atom is 0.173 e. The number of rotatable bonds is 3. The largest absolute Gasteiger partial charge is 0.475 e. The molecule has 3 N–H and O–H groups in total. The van der Waals surface area contributed by atoms with Gasteiger partial charge in [0.2, 0.25) is 0 Å². The molecular formula is C18H17NO5S. The van der Waals surface area contributed by atoms with Crippen molar-refractivity contribution in [2.24, 2.45) is 0 Å². The predicted molar refractivity (Wildman–Crippen MR) is 94.3 cm³/mol. The molecule has 3 heterocycles. The number of ether oxygens (including phenoxy) is 1. The Labute approximate surface area is 148 Å². The van der Waals surface area contributed by atoms with Gasteiger partial charge in [0.15, 0.2) is 16.9 Å². The van der Waals surface area contributed by atoms with Gasteiger partial charge in [-0.3, -0.25) is 0 Å². The van der Waals surface area contributed by atoms with Gasteiger partial charge in [-0.2, -0.15) is 0 Å². The second-order valence-electron chi connectivity index (χ2n) is 5.87. The van der Waals surface area contributed by atoms with Crippen LogP contribution in [0.25, 0.3) is 22.4 Å². The molecule has 1 fully saturated rings. The molecule has 4 rings (SSSR count). The number of aromatic nitrogens is 1. The van der Waals surface area contributed by atoms with Gasteiger partial charge in [-0.05, 0) is 24.3 Å². The number of hydrogen-bond acceptors (Lipinski definition) is 7. The van der Waals surface area contributed by atoms with Gasteiger partial charge in [0.05, 0.1) is 6.10 Å². The first-order valence-electron chi connectivity index (χ1n) is 7.90. The Kier molecular flexibility index (Phi) is 4.39. The zero-order chi connectivity index (χ0) is 17.4. The fourth-order valence-corrected chi connectivity index (χ4v) is 3.89. The number of thioether (sulfide) groups is 1. The lowest BCUT2D eigenvalue weighted by Gasteiger charge is -2.34. The number of furan rings is 1. The molecule has 0 radical (unpaired) electrons. The lowest BCUT2D eigenvalue weighted by Crippen LogP contribution is -2.50. The van der Waals surface area contributed by atoms with Gasteiger partial charge >= 0.3 is 0 Å². The van der Waals surface area contributed by atoms with E-state index in [1.54, 1.807) is 18.3 Å². The molecule has 1 aromatic carbocycles. The van der Waals surface area contributed by atoms with Crippen molar-refractivity contribution in [1.82, 2.24) is 4.98 Å². The minimum absolute atomic E-state index is 0.281. The van der Waals surface area contributed by atoms with Crippen molar-refractivity contribution in [3.05, 3.63) is 48.7 Å². The standard InChI is InChI=1S/C18H17NO5S/c20-11-9-25-18(17(22)16(11)21)24-13-6-3-7-19-15(13)14-8-10-4-1-2-5-12(10)23-14/h1-8,11,16-18,20-22H,9H2/t11-,16+,17-,18-/m1/s1. The molecule has 3 aromatic rings. The van der Waals surface area contributed by atoms with Crippen LogP contribution in [0.5, 0.6) is 5.75 Å². The molecule has 0 unspecified atom stereocenters. The van der Waals surface area contributed by atoms with Crippen molar-refractivity contribution in [2.45, 2.75) is 23.7 Å². The van der Waals surface area contributed by atoms with E-state index in [0.29, 0.717) is 17.2 Å². The lowest BCUT2D eigenvalue weighted by atomic mass is 10.1. The Morgan fingerprint density at radius 2 is 1.92 bits per heavy atom. The molecule has 130 valence electrons. The summed E-state index contributed by atoms with van der Waals surface area (Å²) in [6.07, 6.45) is -1.77. The summed E-state index contributed by atoms with van der Waals surface area (Å²) < 4.78 is 11.7. The van der Waals surface area contributed by atoms with Gasteiger partial charge < -0.3 is 24.5 Å². The molecule has 0 spiro atoms. The zero-order valence-corrected chi connectivity index (χ0v) is 14.0. The summed E-state index contributed by atoms with van der Waals surface area (Å²) in [4.78, 5) is 4.35. The third-order valence-corrected chi connectivity index (χ3v) is 5.36. The normalized spacial score (nSPS) is 26.7. The van der Waals surface area contributed by atoms with Gasteiger partial charge in [-0.1, -0.05) is 18.2 Å². The lowest BCUT2D eigenvalue weighted by molar-refractivity contribution is -0.0785. The third-order valence-electron chi connectivity index (χ3n) is 4.13. The minimum Gasteiger partial charge on any atom is -0.475 e. The van der Waals surface area contributed by atoms with Crippen LogP contribution in [0.4, 0.5) is 0 Å². The Morgan fingerprint density at radius 3 is 2.76 bits per heavy atom. The van der Waals surface area contributed by atoms with Crippen molar-refractivity contribution in [3.8, 4) is 17.2 Å². The summed E-state index contributed by atoms with van der Waals surface area (Å²) in [5, 5.41) is 30.6. The number of benzene rings is 1. The van der Waals surface area contributed by atoms with E-state index in [-0.39, 0.29) is 5.75 Å². The summed E-state index contributed by atoms with van der Waals surface area (Å²) in [5.74, 6) is 1.29. The number of hydrogen-bond donors (Lipinski definition) is 3. The maximum atomic E-state index is 10.1. The van der Waals surface area contributed by atoms with E-state index in [9.17, 15) is 15.3 Å². The molecule has 25 heavy (non-hydrogen) atoms. The molecule has 1 saturated heterocycles. The van der Waals surface area contributed by atoms with Crippen molar-refractivity contribution in [2.75, 3.05) is 5.75 Å². The summed E-state index contributed by atoms with van der Waals surface area (Å²) in [6, 6.07) is 13.0. The van der Waals surface area contributed by atoms with Gasteiger partial charge in [-0.15, -0.1) is 11.8 Å². The molecule has 6 nitrogen and oxygen atoms in total. The van der Waals surface area contributed by atoms with Crippen molar-refractivity contribution < 1.29 is 24.5 Å². The number of aliphatic hydroxyl groups is 3. The van der Waals surface area contributed by atoms with E-state index in [1.807, 2.05) is 30.3 Å². The van der Waals surface area contributed by atoms with Crippen molar-refractivity contribution >= 4 is 22.7 Å². The van der Waals surface area contributed by atoms with Crippen molar-refractivity contribution in [1.29, 1.82) is 0 Å². The first-order valence-corrected chi connectivity index (χ1v) is 8.95. The average molecular weight is 359 g/mol. The number of pyridine rings is 1. The molecule has 0 amide bonds. The highest BCUT2D eigenvalue weighted by molar-refractivity contribution is 7.99. The Bertz CT molecular complexity index is 850. The average Bonchev–Trinajstić information content (AvgIpc) is 3.06. The number of para-hydroxylation sites is 1. The van der Waals surface area contributed by atoms with Crippen LogP contribution >= 0.6 is 11.8 Å². The van der Waals surface area contributed by atoms with Crippen LogP contribution in [0.3, 0.4) is 0 Å². The summed E-state index contributed by atoms with van der Waals surface area (Å²) in [6.45, 7) is 0. The van der Waals surface area contributed by atoms with E-state index in [0.717, 1.165) is 11.0 Å². The Hall–Kier alpha value is -2.06. The summed E-state index contributed by atoms with van der Waals surface area (Å²) in [7, 11) is 0. The highest BCUT2D eigenvalue weighted by atomic mass is 32.2. The first-order chi connectivity index (χ1) is 12.1. The Morgan fingerprint density at radius 1 is 1.08 bits per heavy atom. The minimum atomic E-state index is -1.24. The van der Waals surface area contributed by atoms with E-state index in [2.05, 4.69) is 4.98 Å². The zero-order valence-electron chi connectivity index (χ0n) is 13.1. The van der Waals surface area contributed by atoms with Crippen molar-refractivity contribution in [3.63, 3.8) is 0 Å². The van der Waals surface area contributed by atoms with Gasteiger partial charge in [0.1, 0.15) is 23.5 Å². The monoisotopic (exact) mass is 359 g/mol. The molecule has 0 saturated carbocycles. The van der Waals surface area contributed by atoms with Crippen LogP contribution in [-0.2, 0) is 0 Å². The smallest absolute Gasteiger partial charge is 0.173 e. The topological polar surface area (TPSA) is 96.0 Å². The van der Waals surface area contributed by atoms with E-state index < -0.39 is 23.7 Å². The van der Waals surface area contributed by atoms with E-state index in [4.69, 9.17) is 9.15 Å². The van der Waals surface area contributed by atoms with E-state index >= 15 is 0 Å². The van der Waals surface area contributed by atoms with Crippen LogP contribution in [0.2, 0.25) is 0 Å². The van der Waals surface area contributed by atoms with Crippen LogP contribution in [-0.4, -0.2) is 49.8 Å². The van der Waals surface area contributed by atoms with Gasteiger partial charge in [0.25, 0.3) is 0 Å². The number of fused-ring (bicyclic) bond motifs is 1. The maximum absolute atomic E-state index is 10.1. The highest BCUT2D eigenvalue weighted by Crippen LogP contribution is 2.35. The van der Waals surface area contributed by atoms with E-state index in [1.165, 1.54) is 11.8 Å². The van der Waals surface area contributed by atoms with Gasteiger partial charge in [-0.25, -0.2) is 4.98 Å². The van der Waals surface area contributed by atoms with Crippen LogP contribution < -0.4 is 4.74 Å². The molecule has 0 aliphatic carbocycles. The fraction of sp³-hybridized carbons (Fsp3) is 0.278. The van der Waals surface area contributed by atoms with Crippen LogP contribution in [0, 0.1) is 0 Å². The molecule has 7 heteroatoms. The molecule has 4 atom stereocenters. The fourth-order valence-electron chi connectivity index (χ4n) is 2.78. The first kappa shape index (κ1) is 16.4. The highest BCUT2D eigenvalue weighted by Gasteiger charge is 2.39. The van der Waals surface area contributed by atoms with Crippen LogP contribution in [0.15, 0.2) is 53.1 Å². The SMILES string of the molecule is O[C@@H]1[C@@H](O)[C@H](Oc2cccnc2-c2cc3ccccc3o2)SC[C@H]1O. The third kappa shape index (κ3) is 3.11. The molecule has 1 aliphatic heterocycles. The van der Waals surface area contributed by atoms with Crippen LogP contribution in [0.1, 0.15) is 0 Å². The molecular weight excluding hydrogens is 342 g/mol. The Balaban J connectivity index is 1.65. The number of nitrogens with zero attached hydrogens (tertiary/aromatic N) is 1. The second-order valence-corrected chi connectivity index (χ2v) is 7.00.